The number of hydrogen-bond acceptors (Lipinski definition) is 6. The number of aromatic nitrogens is 3. The van der Waals surface area contributed by atoms with Gasteiger partial charge >= 0.3 is 0 Å². The topological polar surface area (TPSA) is 74.3 Å². The molecule has 0 spiro atoms. The van der Waals surface area contributed by atoms with Gasteiger partial charge in [-0.2, -0.15) is 0 Å². The Morgan fingerprint density at radius 1 is 1.00 bits per heavy atom. The largest absolute Gasteiger partial charge is 0.496 e. The molecule has 3 heterocycles. The van der Waals surface area contributed by atoms with E-state index in [0.29, 0.717) is 23.2 Å². The first-order valence-corrected chi connectivity index (χ1v) is 13.0. The molecular weight excluding hydrogens is 474 g/mol. The zero-order chi connectivity index (χ0) is 26.2. The number of benzene rings is 3. The summed E-state index contributed by atoms with van der Waals surface area (Å²) in [6, 6.07) is 20.4. The molecule has 6 rings (SSSR count). The summed E-state index contributed by atoms with van der Waals surface area (Å²) in [5.74, 6) is 0.856. The summed E-state index contributed by atoms with van der Waals surface area (Å²) in [5.41, 5.74) is 5.09. The highest BCUT2D eigenvalue weighted by Crippen LogP contribution is 2.35. The molecule has 7 nitrogen and oxygen atoms in total. The zero-order valence-electron chi connectivity index (χ0n) is 21.9. The summed E-state index contributed by atoms with van der Waals surface area (Å²) in [6.07, 6.45) is 5.94. The molecule has 1 fully saturated rings. The van der Waals surface area contributed by atoms with Crippen molar-refractivity contribution in [1.82, 2.24) is 19.9 Å². The van der Waals surface area contributed by atoms with E-state index in [1.807, 2.05) is 48.8 Å². The number of aromatic amines is 1. The summed E-state index contributed by atoms with van der Waals surface area (Å²) in [6.45, 7) is 2.04. The number of ketones is 1. The van der Waals surface area contributed by atoms with E-state index < -0.39 is 0 Å². The van der Waals surface area contributed by atoms with E-state index in [2.05, 4.69) is 57.0 Å². The van der Waals surface area contributed by atoms with Crippen molar-refractivity contribution in [2.45, 2.75) is 18.9 Å². The number of ether oxygens (including phenoxy) is 1. The maximum absolute atomic E-state index is 13.6. The maximum atomic E-state index is 13.6. The molecule has 3 aromatic carbocycles. The molecule has 2 aromatic heterocycles. The minimum Gasteiger partial charge on any atom is -0.496 e. The molecule has 1 N–H and O–H groups in total. The number of imidazole rings is 1. The van der Waals surface area contributed by atoms with Crippen LogP contribution in [-0.2, 0) is 0 Å². The van der Waals surface area contributed by atoms with Crippen LogP contribution in [0, 0.1) is 0 Å². The van der Waals surface area contributed by atoms with Crippen LogP contribution < -0.4 is 9.64 Å². The Labute approximate surface area is 222 Å². The Hall–Kier alpha value is -4.23. The highest BCUT2D eigenvalue weighted by molar-refractivity contribution is 6.09. The monoisotopic (exact) mass is 505 g/mol. The number of rotatable bonds is 6. The van der Waals surface area contributed by atoms with Gasteiger partial charge in [0.05, 0.1) is 18.1 Å². The second kappa shape index (κ2) is 9.91. The summed E-state index contributed by atoms with van der Waals surface area (Å²) < 4.78 is 5.66. The molecule has 1 saturated heterocycles. The van der Waals surface area contributed by atoms with E-state index >= 15 is 0 Å². The van der Waals surface area contributed by atoms with Crippen molar-refractivity contribution >= 4 is 33.3 Å². The predicted molar refractivity (Wildman–Crippen MR) is 152 cm³/mol. The smallest absolute Gasteiger partial charge is 0.228 e. The zero-order valence-corrected chi connectivity index (χ0v) is 21.9. The summed E-state index contributed by atoms with van der Waals surface area (Å²) in [5, 5.41) is 2.08. The quantitative estimate of drug-likeness (QED) is 0.305. The molecule has 0 amide bonds. The number of carbonyl (C=O) groups excluding carboxylic acids is 1. The minimum absolute atomic E-state index is 0.161. The molecule has 0 atom stereocenters. The third kappa shape index (κ3) is 4.39. The van der Waals surface area contributed by atoms with Gasteiger partial charge in [0.2, 0.25) is 5.78 Å². The molecule has 0 radical (unpaired) electrons. The van der Waals surface area contributed by atoms with Crippen LogP contribution in [0.25, 0.3) is 32.9 Å². The molecule has 1 aliphatic heterocycles. The molecular formula is C31H31N5O2. The molecule has 38 heavy (non-hydrogen) atoms. The van der Waals surface area contributed by atoms with Gasteiger partial charge in [-0.15, -0.1) is 0 Å². The van der Waals surface area contributed by atoms with Crippen LogP contribution in [-0.4, -0.2) is 66.0 Å². The van der Waals surface area contributed by atoms with Crippen molar-refractivity contribution in [3.8, 4) is 16.9 Å². The number of nitrogens with one attached hydrogen (secondary N) is 1. The Balaban J connectivity index is 1.31. The fraction of sp³-hybridized carbons (Fsp3) is 0.258. The van der Waals surface area contributed by atoms with Crippen molar-refractivity contribution in [2.24, 2.45) is 0 Å². The fourth-order valence-corrected chi connectivity index (χ4v) is 5.47. The Bertz CT molecular complexity index is 1630. The van der Waals surface area contributed by atoms with Gasteiger partial charge in [0.25, 0.3) is 0 Å². The number of pyridine rings is 1. The number of methoxy groups -OCH3 is 1. The molecule has 0 saturated carbocycles. The van der Waals surface area contributed by atoms with Crippen LogP contribution >= 0.6 is 0 Å². The van der Waals surface area contributed by atoms with Crippen LogP contribution in [0.2, 0.25) is 0 Å². The lowest BCUT2D eigenvalue weighted by atomic mass is 9.97. The Kier molecular flexibility index (Phi) is 6.29. The van der Waals surface area contributed by atoms with E-state index in [1.165, 1.54) is 0 Å². The third-order valence-corrected chi connectivity index (χ3v) is 7.66. The van der Waals surface area contributed by atoms with E-state index in [-0.39, 0.29) is 5.78 Å². The van der Waals surface area contributed by atoms with Crippen LogP contribution in [0.1, 0.15) is 29.0 Å². The standard InChI is InChI=1S/C31H31N5O2/c1-35(2)22-12-14-36(15-13-22)23-9-10-27-28(17-23)34-31(33-27)30(37)20-8-11-29(38-3)25(16-20)26-19-32-18-21-6-4-5-7-24(21)26/h4-11,16-19,22H,12-15H2,1-3H3,(H,33,34). The maximum Gasteiger partial charge on any atom is 0.228 e. The summed E-state index contributed by atoms with van der Waals surface area (Å²) in [4.78, 5) is 30.6. The van der Waals surface area contributed by atoms with Gasteiger partial charge < -0.3 is 19.5 Å². The lowest BCUT2D eigenvalue weighted by Crippen LogP contribution is -2.41. The molecule has 0 bridgehead atoms. The molecule has 1 aliphatic rings. The molecule has 7 heteroatoms. The first-order chi connectivity index (χ1) is 18.5. The van der Waals surface area contributed by atoms with Crippen molar-refractivity contribution in [2.75, 3.05) is 39.2 Å². The van der Waals surface area contributed by atoms with Gasteiger partial charge in [-0.05, 0) is 68.7 Å². The second-order valence-corrected chi connectivity index (χ2v) is 10.1. The number of hydrogen-bond donors (Lipinski definition) is 1. The lowest BCUT2D eigenvalue weighted by molar-refractivity contribution is 0.103. The molecule has 5 aromatic rings. The van der Waals surface area contributed by atoms with Crippen molar-refractivity contribution < 1.29 is 9.53 Å². The van der Waals surface area contributed by atoms with E-state index in [9.17, 15) is 4.79 Å². The highest BCUT2D eigenvalue weighted by atomic mass is 16.5. The van der Waals surface area contributed by atoms with Gasteiger partial charge in [0, 0.05) is 59.3 Å². The van der Waals surface area contributed by atoms with Gasteiger partial charge in [-0.1, -0.05) is 24.3 Å². The van der Waals surface area contributed by atoms with Gasteiger partial charge in [-0.25, -0.2) is 4.98 Å². The Morgan fingerprint density at radius 3 is 2.61 bits per heavy atom. The average Bonchev–Trinajstić information content (AvgIpc) is 3.40. The van der Waals surface area contributed by atoms with Crippen LogP contribution in [0.15, 0.2) is 73.1 Å². The lowest BCUT2D eigenvalue weighted by Gasteiger charge is -2.36. The van der Waals surface area contributed by atoms with Gasteiger partial charge in [-0.3, -0.25) is 9.78 Å². The Morgan fingerprint density at radius 2 is 1.82 bits per heavy atom. The predicted octanol–water partition coefficient (Wildman–Crippen LogP) is 5.55. The summed E-state index contributed by atoms with van der Waals surface area (Å²) >= 11 is 0. The average molecular weight is 506 g/mol. The number of piperidine rings is 1. The first kappa shape index (κ1) is 24.1. The highest BCUT2D eigenvalue weighted by Gasteiger charge is 2.22. The van der Waals surface area contributed by atoms with E-state index in [0.717, 1.165) is 64.6 Å². The first-order valence-electron chi connectivity index (χ1n) is 13.0. The number of nitrogens with zero attached hydrogens (tertiary/aromatic N) is 4. The van der Waals surface area contributed by atoms with Crippen LogP contribution in [0.3, 0.4) is 0 Å². The van der Waals surface area contributed by atoms with Crippen molar-refractivity contribution in [1.29, 1.82) is 0 Å². The SMILES string of the molecule is COc1ccc(C(=O)c2nc3ccc(N4CCC(N(C)C)CC4)cc3[nH]2)cc1-c1cncc2ccccc12. The number of H-pyrrole nitrogens is 1. The minimum atomic E-state index is -0.161. The van der Waals surface area contributed by atoms with Crippen LogP contribution in [0.5, 0.6) is 5.75 Å². The number of fused-ring (bicyclic) bond motifs is 2. The number of carbonyl (C=O) groups is 1. The fourth-order valence-electron chi connectivity index (χ4n) is 5.47. The summed E-state index contributed by atoms with van der Waals surface area (Å²) in [7, 11) is 5.94. The third-order valence-electron chi connectivity index (χ3n) is 7.66. The van der Waals surface area contributed by atoms with Gasteiger partial charge in [0.1, 0.15) is 5.75 Å². The molecule has 0 unspecified atom stereocenters. The van der Waals surface area contributed by atoms with Crippen molar-refractivity contribution in [3.05, 3.63) is 84.4 Å². The van der Waals surface area contributed by atoms with Crippen molar-refractivity contribution in [3.63, 3.8) is 0 Å². The van der Waals surface area contributed by atoms with E-state index in [4.69, 9.17) is 4.74 Å². The number of anilines is 1. The normalized spacial score (nSPS) is 14.5. The second-order valence-electron chi connectivity index (χ2n) is 10.1. The van der Waals surface area contributed by atoms with Gasteiger partial charge in [0.15, 0.2) is 5.82 Å². The molecule has 0 aliphatic carbocycles. The van der Waals surface area contributed by atoms with E-state index in [1.54, 1.807) is 13.2 Å². The van der Waals surface area contributed by atoms with Crippen LogP contribution in [0.4, 0.5) is 5.69 Å². The molecule has 192 valence electrons.